The summed E-state index contributed by atoms with van der Waals surface area (Å²) in [7, 11) is 2.92. The number of para-hydroxylation sites is 1. The number of hydrogen-bond donors (Lipinski definition) is 3. The highest BCUT2D eigenvalue weighted by Gasteiger charge is 2.12. The maximum Gasteiger partial charge on any atom is 0.322 e. The van der Waals surface area contributed by atoms with E-state index in [4.69, 9.17) is 20.6 Å². The van der Waals surface area contributed by atoms with Crippen LogP contribution in [0.3, 0.4) is 0 Å². The van der Waals surface area contributed by atoms with Crippen molar-refractivity contribution in [3.63, 3.8) is 0 Å². The molecule has 0 spiro atoms. The third-order valence-corrected chi connectivity index (χ3v) is 2.53. The highest BCUT2D eigenvalue weighted by molar-refractivity contribution is 5.70. The van der Waals surface area contributed by atoms with Gasteiger partial charge in [-0.05, 0) is 12.1 Å². The summed E-state index contributed by atoms with van der Waals surface area (Å²) in [6, 6.07) is 7.21. The zero-order chi connectivity index (χ0) is 15.2. The molecule has 0 aliphatic rings. The second-order valence-electron chi connectivity index (χ2n) is 3.73. The van der Waals surface area contributed by atoms with Crippen LogP contribution in [-0.4, -0.2) is 29.2 Å². The fourth-order valence-electron chi connectivity index (χ4n) is 1.60. The van der Waals surface area contributed by atoms with Gasteiger partial charge in [0.25, 0.3) is 0 Å². The monoisotopic (exact) mass is 287 g/mol. The standard InChI is InChI=1S/C12H13N7O2/c1-20-8-5-3-4-7(6-13)9(8)15-10-16-11(19-14)18-12(17-10)21-2/h3-5H,14H2,1-2H3,(H2,15,16,17,18,19). The second-order valence-corrected chi connectivity index (χ2v) is 3.73. The molecule has 0 fully saturated rings. The normalized spacial score (nSPS) is 9.62. The lowest BCUT2D eigenvalue weighted by Gasteiger charge is -2.12. The van der Waals surface area contributed by atoms with Crippen LogP contribution in [0.2, 0.25) is 0 Å². The van der Waals surface area contributed by atoms with Crippen LogP contribution in [0.15, 0.2) is 18.2 Å². The Bertz CT molecular complexity index is 662. The maximum atomic E-state index is 9.16. The summed E-state index contributed by atoms with van der Waals surface area (Å²) in [5.41, 5.74) is 3.14. The van der Waals surface area contributed by atoms with Gasteiger partial charge in [-0.1, -0.05) is 6.07 Å². The first kappa shape index (κ1) is 14.3. The predicted octanol–water partition coefficient (Wildman–Crippen LogP) is 0.790. The Morgan fingerprint density at radius 2 is 1.90 bits per heavy atom. The number of hydrazine groups is 1. The number of nitrogens with zero attached hydrogens (tertiary/aromatic N) is 4. The minimum absolute atomic E-state index is 0.0776. The molecule has 0 unspecified atom stereocenters. The number of ether oxygens (including phenoxy) is 2. The predicted molar refractivity (Wildman–Crippen MR) is 75.2 cm³/mol. The summed E-state index contributed by atoms with van der Waals surface area (Å²) in [6.07, 6.45) is 0. The SMILES string of the molecule is COc1nc(NN)nc(Nc2c(C#N)cccc2OC)n1. The lowest BCUT2D eigenvalue weighted by molar-refractivity contribution is 0.379. The average Bonchev–Trinajstić information content (AvgIpc) is 2.54. The molecule has 108 valence electrons. The molecule has 0 saturated carbocycles. The van der Waals surface area contributed by atoms with Gasteiger partial charge >= 0.3 is 6.01 Å². The van der Waals surface area contributed by atoms with E-state index in [-0.39, 0.29) is 17.9 Å². The van der Waals surface area contributed by atoms with Gasteiger partial charge in [0.2, 0.25) is 11.9 Å². The van der Waals surface area contributed by atoms with E-state index >= 15 is 0 Å². The van der Waals surface area contributed by atoms with Crippen molar-refractivity contribution < 1.29 is 9.47 Å². The van der Waals surface area contributed by atoms with Crippen LogP contribution in [0.5, 0.6) is 11.8 Å². The van der Waals surface area contributed by atoms with Gasteiger partial charge in [-0.25, -0.2) is 5.84 Å². The summed E-state index contributed by atoms with van der Waals surface area (Å²) in [4.78, 5) is 11.9. The number of anilines is 3. The number of nitrogens with two attached hydrogens (primary N) is 1. The molecule has 0 aliphatic carbocycles. The Hall–Kier alpha value is -3.12. The van der Waals surface area contributed by atoms with Crippen LogP contribution in [0.1, 0.15) is 5.56 Å². The lowest BCUT2D eigenvalue weighted by Crippen LogP contribution is -2.13. The fourth-order valence-corrected chi connectivity index (χ4v) is 1.60. The Balaban J connectivity index is 2.45. The topological polar surface area (TPSA) is 131 Å². The Kier molecular flexibility index (Phi) is 4.33. The average molecular weight is 287 g/mol. The first-order chi connectivity index (χ1) is 10.2. The number of methoxy groups -OCH3 is 2. The second kappa shape index (κ2) is 6.36. The first-order valence-corrected chi connectivity index (χ1v) is 5.82. The van der Waals surface area contributed by atoms with Crippen molar-refractivity contribution in [3.05, 3.63) is 23.8 Å². The van der Waals surface area contributed by atoms with Crippen LogP contribution in [0, 0.1) is 11.3 Å². The highest BCUT2D eigenvalue weighted by atomic mass is 16.5. The number of rotatable bonds is 5. The van der Waals surface area contributed by atoms with Crippen LogP contribution in [-0.2, 0) is 0 Å². The summed E-state index contributed by atoms with van der Waals surface area (Å²) in [5.74, 6) is 6.05. The van der Waals surface area contributed by atoms with E-state index < -0.39 is 0 Å². The first-order valence-electron chi connectivity index (χ1n) is 5.82. The Morgan fingerprint density at radius 3 is 2.52 bits per heavy atom. The van der Waals surface area contributed by atoms with Crippen molar-refractivity contribution in [2.75, 3.05) is 25.0 Å². The maximum absolute atomic E-state index is 9.16. The number of hydrogen-bond acceptors (Lipinski definition) is 9. The molecule has 2 rings (SSSR count). The third kappa shape index (κ3) is 3.07. The van der Waals surface area contributed by atoms with E-state index in [1.165, 1.54) is 14.2 Å². The molecule has 2 aromatic rings. The molecular formula is C12H13N7O2. The number of nitrogen functional groups attached to an aromatic ring is 1. The largest absolute Gasteiger partial charge is 0.495 e. The number of aromatic nitrogens is 3. The van der Waals surface area contributed by atoms with Gasteiger partial charge < -0.3 is 14.8 Å². The fraction of sp³-hybridized carbons (Fsp3) is 0.167. The minimum atomic E-state index is 0.0776. The number of nitrogens with one attached hydrogen (secondary N) is 2. The third-order valence-electron chi connectivity index (χ3n) is 2.53. The number of nitriles is 1. The zero-order valence-corrected chi connectivity index (χ0v) is 11.4. The highest BCUT2D eigenvalue weighted by Crippen LogP contribution is 2.30. The molecule has 0 saturated heterocycles. The van der Waals surface area contributed by atoms with Gasteiger partial charge in [-0.15, -0.1) is 0 Å². The molecule has 1 heterocycles. The van der Waals surface area contributed by atoms with Crippen molar-refractivity contribution in [2.45, 2.75) is 0 Å². The van der Waals surface area contributed by atoms with E-state index in [0.29, 0.717) is 17.0 Å². The molecule has 0 radical (unpaired) electrons. The van der Waals surface area contributed by atoms with Crippen molar-refractivity contribution in [2.24, 2.45) is 5.84 Å². The quantitative estimate of drug-likeness (QED) is 0.539. The van der Waals surface area contributed by atoms with Crippen molar-refractivity contribution in [3.8, 4) is 17.8 Å². The molecule has 21 heavy (non-hydrogen) atoms. The van der Waals surface area contributed by atoms with Gasteiger partial charge in [0.05, 0.1) is 19.8 Å². The van der Waals surface area contributed by atoms with Crippen LogP contribution in [0.4, 0.5) is 17.6 Å². The summed E-state index contributed by atoms with van der Waals surface area (Å²) >= 11 is 0. The van der Waals surface area contributed by atoms with Gasteiger partial charge in [0, 0.05) is 0 Å². The Morgan fingerprint density at radius 1 is 1.14 bits per heavy atom. The number of benzene rings is 1. The van der Waals surface area contributed by atoms with Crippen molar-refractivity contribution in [1.29, 1.82) is 5.26 Å². The molecule has 0 bridgehead atoms. The zero-order valence-electron chi connectivity index (χ0n) is 11.4. The summed E-state index contributed by atoms with van der Waals surface area (Å²) in [6.45, 7) is 0. The van der Waals surface area contributed by atoms with Crippen LogP contribution < -0.4 is 26.1 Å². The molecule has 0 aliphatic heterocycles. The van der Waals surface area contributed by atoms with Gasteiger partial charge in [0.1, 0.15) is 17.5 Å². The summed E-state index contributed by atoms with van der Waals surface area (Å²) < 4.78 is 10.2. The minimum Gasteiger partial charge on any atom is -0.495 e. The van der Waals surface area contributed by atoms with Crippen LogP contribution >= 0.6 is 0 Å². The van der Waals surface area contributed by atoms with Crippen molar-refractivity contribution in [1.82, 2.24) is 15.0 Å². The van der Waals surface area contributed by atoms with Gasteiger partial charge in [0.15, 0.2) is 0 Å². The molecule has 1 aromatic heterocycles. The lowest BCUT2D eigenvalue weighted by atomic mass is 10.2. The summed E-state index contributed by atoms with van der Waals surface area (Å²) in [5, 5.41) is 12.1. The van der Waals surface area contributed by atoms with E-state index in [9.17, 15) is 0 Å². The molecule has 9 heteroatoms. The van der Waals surface area contributed by atoms with E-state index in [2.05, 4.69) is 31.8 Å². The molecule has 0 atom stereocenters. The molecule has 9 nitrogen and oxygen atoms in total. The van der Waals surface area contributed by atoms with Gasteiger partial charge in [-0.2, -0.15) is 20.2 Å². The van der Waals surface area contributed by atoms with E-state index in [0.717, 1.165) is 0 Å². The molecule has 4 N–H and O–H groups in total. The molecule has 1 aromatic carbocycles. The molecule has 0 amide bonds. The van der Waals surface area contributed by atoms with E-state index in [1.807, 2.05) is 0 Å². The Labute approximate surface area is 120 Å². The van der Waals surface area contributed by atoms with Crippen molar-refractivity contribution >= 4 is 17.6 Å². The van der Waals surface area contributed by atoms with E-state index in [1.54, 1.807) is 18.2 Å². The smallest absolute Gasteiger partial charge is 0.322 e. The van der Waals surface area contributed by atoms with Gasteiger partial charge in [-0.3, -0.25) is 5.43 Å². The van der Waals surface area contributed by atoms with Crippen LogP contribution in [0.25, 0.3) is 0 Å². The molecular weight excluding hydrogens is 274 g/mol.